The van der Waals surface area contributed by atoms with Crippen molar-refractivity contribution in [1.82, 2.24) is 14.3 Å². The van der Waals surface area contributed by atoms with E-state index in [0.717, 1.165) is 23.3 Å². The zero-order valence-corrected chi connectivity index (χ0v) is 10.8. The number of ether oxygens (including phenoxy) is 1. The number of aromatic nitrogens is 2. The van der Waals surface area contributed by atoms with Gasteiger partial charge in [0, 0.05) is 37.4 Å². The van der Waals surface area contributed by atoms with Crippen molar-refractivity contribution in [3.8, 4) is 17.5 Å². The summed E-state index contributed by atoms with van der Waals surface area (Å²) in [6, 6.07) is 0. The molecule has 5 nitrogen and oxygen atoms in total. The second-order valence-electron chi connectivity index (χ2n) is 3.03. The Morgan fingerprint density at radius 2 is 2.38 bits per heavy atom. The molecule has 0 saturated heterocycles. The standard InChI is InChI=1S/C9H11N3O2S2/c1-5-6(2)14-8-10-7(11-16-8)15-9(13)12(3)4/h1,6H,2-4H3. The van der Waals surface area contributed by atoms with E-state index >= 15 is 0 Å². The minimum absolute atomic E-state index is 0.130. The molecule has 1 rings (SSSR count). The van der Waals surface area contributed by atoms with E-state index in [-0.39, 0.29) is 11.3 Å². The van der Waals surface area contributed by atoms with Gasteiger partial charge in [-0.1, -0.05) is 5.92 Å². The summed E-state index contributed by atoms with van der Waals surface area (Å²) < 4.78 is 9.24. The Morgan fingerprint density at radius 1 is 1.69 bits per heavy atom. The number of hydrogen-bond donors (Lipinski definition) is 0. The van der Waals surface area contributed by atoms with Gasteiger partial charge in [-0.2, -0.15) is 9.36 Å². The molecule has 0 radical (unpaired) electrons. The maximum absolute atomic E-state index is 11.3. The third kappa shape index (κ3) is 3.72. The number of hydrogen-bond acceptors (Lipinski definition) is 6. The first-order chi connectivity index (χ1) is 7.52. The van der Waals surface area contributed by atoms with Crippen molar-refractivity contribution in [1.29, 1.82) is 0 Å². The highest BCUT2D eigenvalue weighted by molar-refractivity contribution is 8.13. The summed E-state index contributed by atoms with van der Waals surface area (Å²) in [5.41, 5.74) is 0. The Hall–Kier alpha value is -1.26. The third-order valence-electron chi connectivity index (χ3n) is 1.44. The lowest BCUT2D eigenvalue weighted by molar-refractivity contribution is 0.241. The molecule has 1 atom stereocenters. The Bertz CT molecular complexity index is 411. The number of amides is 1. The van der Waals surface area contributed by atoms with Crippen LogP contribution in [0.2, 0.25) is 0 Å². The summed E-state index contributed by atoms with van der Waals surface area (Å²) >= 11 is 2.03. The van der Waals surface area contributed by atoms with Crippen LogP contribution in [0.1, 0.15) is 6.92 Å². The average molecular weight is 257 g/mol. The zero-order valence-electron chi connectivity index (χ0n) is 9.13. The molecule has 1 amide bonds. The summed E-state index contributed by atoms with van der Waals surface area (Å²) in [5.74, 6) is 2.42. The maximum Gasteiger partial charge on any atom is 0.295 e. The van der Waals surface area contributed by atoms with E-state index in [0.29, 0.717) is 10.4 Å². The average Bonchev–Trinajstić information content (AvgIpc) is 2.65. The number of terminal acetylenes is 1. The van der Waals surface area contributed by atoms with Gasteiger partial charge in [-0.3, -0.25) is 4.79 Å². The van der Waals surface area contributed by atoms with E-state index in [2.05, 4.69) is 15.3 Å². The predicted octanol–water partition coefficient (Wildman–Crippen LogP) is 1.71. The smallest absolute Gasteiger partial charge is 0.295 e. The second-order valence-corrected chi connectivity index (χ2v) is 4.66. The molecule has 1 aromatic rings. The summed E-state index contributed by atoms with van der Waals surface area (Å²) in [4.78, 5) is 16.8. The van der Waals surface area contributed by atoms with Crippen LogP contribution in [0.25, 0.3) is 0 Å². The molecule has 0 aliphatic carbocycles. The molecule has 1 aromatic heterocycles. The number of carbonyl (C=O) groups is 1. The summed E-state index contributed by atoms with van der Waals surface area (Å²) in [6.45, 7) is 1.74. The van der Waals surface area contributed by atoms with Gasteiger partial charge in [0.25, 0.3) is 10.4 Å². The molecule has 86 valence electrons. The molecule has 1 heterocycles. The Labute approximate surface area is 102 Å². The first-order valence-corrected chi connectivity index (χ1v) is 5.97. The normalized spacial score (nSPS) is 11.6. The molecule has 0 N–H and O–H groups in total. The van der Waals surface area contributed by atoms with Gasteiger partial charge in [-0.25, -0.2) is 0 Å². The summed E-state index contributed by atoms with van der Waals surface area (Å²) in [7, 11) is 3.33. The lowest BCUT2D eigenvalue weighted by Crippen LogP contribution is -2.16. The van der Waals surface area contributed by atoms with Crippen molar-refractivity contribution in [3.05, 3.63) is 0 Å². The van der Waals surface area contributed by atoms with Gasteiger partial charge in [0.05, 0.1) is 0 Å². The molecule has 16 heavy (non-hydrogen) atoms. The van der Waals surface area contributed by atoms with Crippen LogP contribution < -0.4 is 4.74 Å². The van der Waals surface area contributed by atoms with Crippen molar-refractivity contribution in [3.63, 3.8) is 0 Å². The Morgan fingerprint density at radius 3 is 2.94 bits per heavy atom. The van der Waals surface area contributed by atoms with Crippen LogP contribution in [0, 0.1) is 12.3 Å². The lowest BCUT2D eigenvalue weighted by Gasteiger charge is -2.06. The molecular weight excluding hydrogens is 246 g/mol. The first-order valence-electron chi connectivity index (χ1n) is 4.38. The minimum Gasteiger partial charge on any atom is -0.453 e. The van der Waals surface area contributed by atoms with Crippen molar-refractivity contribution in [2.75, 3.05) is 14.1 Å². The number of thioether (sulfide) groups is 1. The molecule has 0 aliphatic rings. The van der Waals surface area contributed by atoms with Crippen LogP contribution in [0.15, 0.2) is 5.16 Å². The number of carbonyl (C=O) groups excluding carboxylic acids is 1. The molecule has 0 spiro atoms. The van der Waals surface area contributed by atoms with E-state index in [1.807, 2.05) is 0 Å². The van der Waals surface area contributed by atoms with Crippen LogP contribution in [-0.2, 0) is 0 Å². The largest absolute Gasteiger partial charge is 0.453 e. The topological polar surface area (TPSA) is 55.3 Å². The SMILES string of the molecule is C#CC(C)Oc1nc(SC(=O)N(C)C)ns1. The second kappa shape index (κ2) is 5.72. The fourth-order valence-corrected chi connectivity index (χ4v) is 1.94. The van der Waals surface area contributed by atoms with Gasteiger partial charge in [0.15, 0.2) is 6.10 Å². The van der Waals surface area contributed by atoms with Crippen molar-refractivity contribution in [2.24, 2.45) is 0 Å². The fraction of sp³-hybridized carbons (Fsp3) is 0.444. The van der Waals surface area contributed by atoms with Crippen LogP contribution >= 0.6 is 23.3 Å². The van der Waals surface area contributed by atoms with E-state index < -0.39 is 0 Å². The number of nitrogens with zero attached hydrogens (tertiary/aromatic N) is 3. The van der Waals surface area contributed by atoms with E-state index in [9.17, 15) is 4.79 Å². The fourth-order valence-electron chi connectivity index (χ4n) is 0.641. The maximum atomic E-state index is 11.3. The summed E-state index contributed by atoms with van der Waals surface area (Å²) in [6.07, 6.45) is 4.81. The van der Waals surface area contributed by atoms with Crippen LogP contribution in [0.3, 0.4) is 0 Å². The van der Waals surface area contributed by atoms with E-state index in [1.54, 1.807) is 21.0 Å². The van der Waals surface area contributed by atoms with Gasteiger partial charge in [0.1, 0.15) is 0 Å². The molecule has 0 aliphatic heterocycles. The minimum atomic E-state index is -0.352. The zero-order chi connectivity index (χ0) is 12.1. The van der Waals surface area contributed by atoms with Crippen LogP contribution in [-0.4, -0.2) is 39.7 Å². The van der Waals surface area contributed by atoms with Gasteiger partial charge in [-0.05, 0) is 6.92 Å². The van der Waals surface area contributed by atoms with Crippen molar-refractivity contribution >= 4 is 28.5 Å². The lowest BCUT2D eigenvalue weighted by atomic mass is 10.4. The van der Waals surface area contributed by atoms with E-state index in [4.69, 9.17) is 11.2 Å². The highest BCUT2D eigenvalue weighted by Gasteiger charge is 2.13. The Kier molecular flexibility index (Phi) is 4.58. The molecule has 0 bridgehead atoms. The third-order valence-corrected chi connectivity index (χ3v) is 3.07. The predicted molar refractivity (Wildman–Crippen MR) is 63.8 cm³/mol. The summed E-state index contributed by atoms with van der Waals surface area (Å²) in [5, 5.41) is 0.622. The van der Waals surface area contributed by atoms with Gasteiger partial charge in [-0.15, -0.1) is 6.42 Å². The molecule has 1 unspecified atom stereocenters. The van der Waals surface area contributed by atoms with Gasteiger partial charge in [0.2, 0.25) is 5.16 Å². The molecule has 7 heteroatoms. The highest BCUT2D eigenvalue weighted by atomic mass is 32.2. The molecule has 0 fully saturated rings. The van der Waals surface area contributed by atoms with E-state index in [1.165, 1.54) is 4.90 Å². The molecule has 0 saturated carbocycles. The van der Waals surface area contributed by atoms with Crippen LogP contribution in [0.4, 0.5) is 4.79 Å². The molecular formula is C9H11N3O2S2. The van der Waals surface area contributed by atoms with Crippen molar-refractivity contribution < 1.29 is 9.53 Å². The highest BCUT2D eigenvalue weighted by Crippen LogP contribution is 2.23. The van der Waals surface area contributed by atoms with Crippen LogP contribution in [0.5, 0.6) is 5.19 Å². The quantitative estimate of drug-likeness (QED) is 0.609. The van der Waals surface area contributed by atoms with Crippen molar-refractivity contribution in [2.45, 2.75) is 18.2 Å². The van der Waals surface area contributed by atoms with Gasteiger partial charge < -0.3 is 9.64 Å². The first kappa shape index (κ1) is 12.8. The number of rotatable bonds is 3. The molecule has 0 aromatic carbocycles. The monoisotopic (exact) mass is 257 g/mol. The Balaban J connectivity index is 2.59. The van der Waals surface area contributed by atoms with Gasteiger partial charge >= 0.3 is 0 Å².